The van der Waals surface area contributed by atoms with Gasteiger partial charge in [0.15, 0.2) is 0 Å². The van der Waals surface area contributed by atoms with Crippen LogP contribution in [0.5, 0.6) is 0 Å². The molecule has 0 aromatic carbocycles. The van der Waals surface area contributed by atoms with Gasteiger partial charge in [-0.25, -0.2) is 8.42 Å². The maximum atomic E-state index is 12.2. The van der Waals surface area contributed by atoms with Crippen molar-refractivity contribution in [2.24, 2.45) is 5.41 Å². The van der Waals surface area contributed by atoms with Crippen molar-refractivity contribution in [3.05, 3.63) is 0 Å². The minimum Gasteiger partial charge on any atom is -0.747 e. The summed E-state index contributed by atoms with van der Waals surface area (Å²) in [7, 11) is -5.42. The molecule has 0 aliphatic rings. The minimum absolute atomic E-state index is 0. The van der Waals surface area contributed by atoms with Crippen molar-refractivity contribution in [3.63, 3.8) is 0 Å². The number of rotatable bonds is 26. The van der Waals surface area contributed by atoms with E-state index < -0.39 is 32.7 Å². The van der Waals surface area contributed by atoms with Gasteiger partial charge in [0.25, 0.3) is 0 Å². The summed E-state index contributed by atoms with van der Waals surface area (Å²) in [6.07, 6.45) is 19.5. The molecule has 11 heteroatoms. The molecule has 39 heavy (non-hydrogen) atoms. The summed E-state index contributed by atoms with van der Waals surface area (Å²) in [5, 5.41) is 21.2. The summed E-state index contributed by atoms with van der Waals surface area (Å²) in [5.41, 5.74) is -2.25. The van der Waals surface area contributed by atoms with E-state index in [-0.39, 0.29) is 102 Å². The number of aliphatic carboxylic acids is 2. The maximum Gasteiger partial charge on any atom is 1.00 e. The van der Waals surface area contributed by atoms with Gasteiger partial charge in [0, 0.05) is 11.4 Å². The molecular weight excluding hydrogens is 549 g/mol. The fraction of sp³-hybridized carbons (Fsp3) is 0.929. The Morgan fingerprint density at radius 2 is 0.821 bits per heavy atom. The monoisotopic (exact) mass is 600 g/mol. The number of carbonyl (C=O) groups excluding carboxylic acids is 2. The summed E-state index contributed by atoms with van der Waals surface area (Å²) >= 11 is 0. The average molecular weight is 601 g/mol. The first kappa shape index (κ1) is 47.8. The molecule has 0 bridgehead atoms. The number of carboxylic acid groups (broad SMARTS) is 2. The van der Waals surface area contributed by atoms with Crippen molar-refractivity contribution in [2.75, 3.05) is 0 Å². The second-order valence-corrected chi connectivity index (χ2v) is 12.0. The van der Waals surface area contributed by atoms with E-state index in [2.05, 4.69) is 13.8 Å². The van der Waals surface area contributed by atoms with Gasteiger partial charge >= 0.3 is 88.7 Å². The molecular formula is C28H51Na3O7S. The number of unbranched alkanes of at least 4 members (excludes halogenated alkanes) is 18. The smallest absolute Gasteiger partial charge is 0.747 e. The van der Waals surface area contributed by atoms with Crippen LogP contribution in [0.1, 0.15) is 155 Å². The van der Waals surface area contributed by atoms with Crippen LogP contribution in [0.2, 0.25) is 0 Å². The molecule has 1 unspecified atom stereocenters. The Labute approximate surface area is 305 Å². The van der Waals surface area contributed by atoms with Crippen LogP contribution in [-0.4, -0.2) is 30.2 Å². The van der Waals surface area contributed by atoms with Crippen LogP contribution in [0.15, 0.2) is 0 Å². The van der Waals surface area contributed by atoms with Crippen molar-refractivity contribution in [1.82, 2.24) is 0 Å². The molecule has 0 amide bonds. The van der Waals surface area contributed by atoms with Crippen LogP contribution >= 0.6 is 0 Å². The molecule has 0 aromatic heterocycles. The maximum absolute atomic E-state index is 12.2. The van der Waals surface area contributed by atoms with Gasteiger partial charge < -0.3 is 24.4 Å². The predicted molar refractivity (Wildman–Crippen MR) is 139 cm³/mol. The van der Waals surface area contributed by atoms with Crippen LogP contribution in [0.25, 0.3) is 0 Å². The average Bonchev–Trinajstić information content (AvgIpc) is 2.79. The summed E-state index contributed by atoms with van der Waals surface area (Å²) in [4.78, 5) is 23.9. The van der Waals surface area contributed by atoms with Gasteiger partial charge in [-0.3, -0.25) is 0 Å². The molecule has 0 aliphatic carbocycles. The SMILES string of the molecule is CCCCCCCCCCCCC(CCCCCCCCCCCC)(C(=O)[O-])C(C(=O)[O-])S(=O)(=O)[O-].[Na+].[Na+].[Na+]. The molecule has 0 aromatic rings. The minimum atomic E-state index is -5.42. The Morgan fingerprint density at radius 1 is 0.564 bits per heavy atom. The van der Waals surface area contributed by atoms with E-state index in [0.29, 0.717) is 25.7 Å². The van der Waals surface area contributed by atoms with E-state index in [1.807, 2.05) is 0 Å². The fourth-order valence-electron chi connectivity index (χ4n) is 5.17. The largest absolute Gasteiger partial charge is 1.00 e. The summed E-state index contributed by atoms with van der Waals surface area (Å²) in [5.74, 6) is -3.92. The Bertz CT molecular complexity index is 667. The first-order chi connectivity index (χ1) is 17.1. The molecule has 0 rings (SSSR count). The van der Waals surface area contributed by atoms with Crippen LogP contribution < -0.4 is 98.9 Å². The molecule has 0 radical (unpaired) electrons. The topological polar surface area (TPSA) is 137 Å². The van der Waals surface area contributed by atoms with Gasteiger partial charge in [-0.05, 0) is 12.8 Å². The normalized spacial score (nSPS) is 12.1. The van der Waals surface area contributed by atoms with Crippen LogP contribution in [0.4, 0.5) is 0 Å². The summed E-state index contributed by atoms with van der Waals surface area (Å²) < 4.78 is 35.5. The molecule has 1 atom stereocenters. The van der Waals surface area contributed by atoms with Crippen LogP contribution in [0.3, 0.4) is 0 Å². The first-order valence-electron chi connectivity index (χ1n) is 14.5. The van der Waals surface area contributed by atoms with E-state index in [1.165, 1.54) is 51.4 Å². The van der Waals surface area contributed by atoms with E-state index in [1.54, 1.807) is 0 Å². The Kier molecular flexibility index (Phi) is 36.6. The van der Waals surface area contributed by atoms with Gasteiger partial charge in [0.2, 0.25) is 0 Å². The zero-order valence-corrected chi connectivity index (χ0v) is 32.7. The first-order valence-corrected chi connectivity index (χ1v) is 16.0. The van der Waals surface area contributed by atoms with Crippen LogP contribution in [0, 0.1) is 5.41 Å². The van der Waals surface area contributed by atoms with E-state index in [4.69, 9.17) is 0 Å². The molecule has 0 N–H and O–H groups in total. The number of hydrogen-bond donors (Lipinski definition) is 0. The number of hydrogen-bond acceptors (Lipinski definition) is 7. The van der Waals surface area contributed by atoms with Gasteiger partial charge in [-0.15, -0.1) is 0 Å². The third-order valence-corrected chi connectivity index (χ3v) is 8.59. The van der Waals surface area contributed by atoms with Gasteiger partial charge in [0.05, 0.1) is 11.2 Å². The molecule has 0 saturated carbocycles. The third kappa shape index (κ3) is 23.0. The van der Waals surface area contributed by atoms with Gasteiger partial charge in [-0.1, -0.05) is 142 Å². The molecule has 7 nitrogen and oxygen atoms in total. The second kappa shape index (κ2) is 29.9. The standard InChI is InChI=1S/C28H54O7S.3Na/c1-3-5-7-9-11-13-15-17-19-21-23-28(27(31)32,25(26(29)30)36(33,34)35)24-22-20-18-16-14-12-10-8-6-4-2;;;/h25H,3-24H2,1-2H3,(H,29,30)(H,31,32)(H,33,34,35);;;/q;3*+1/p-3. The summed E-state index contributed by atoms with van der Waals surface area (Å²) in [6.45, 7) is 4.35. The van der Waals surface area contributed by atoms with Gasteiger partial charge in [-0.2, -0.15) is 0 Å². The number of carbonyl (C=O) groups is 2. The second-order valence-electron chi connectivity index (χ2n) is 10.5. The predicted octanol–water partition coefficient (Wildman–Crippen LogP) is -3.98. The molecule has 0 fully saturated rings. The Balaban J connectivity index is -0.00000204. The third-order valence-electron chi connectivity index (χ3n) is 7.36. The molecule has 214 valence electrons. The Hall–Kier alpha value is 1.85. The van der Waals surface area contributed by atoms with Crippen molar-refractivity contribution in [2.45, 2.75) is 160 Å². The molecule has 0 spiro atoms. The molecule has 0 saturated heterocycles. The molecule has 0 heterocycles. The van der Waals surface area contributed by atoms with Crippen molar-refractivity contribution >= 4 is 22.1 Å². The zero-order chi connectivity index (χ0) is 27.3. The number of carboxylic acids is 2. The van der Waals surface area contributed by atoms with Crippen molar-refractivity contribution < 1.29 is 121 Å². The van der Waals surface area contributed by atoms with Gasteiger partial charge in [0.1, 0.15) is 10.1 Å². The van der Waals surface area contributed by atoms with Crippen molar-refractivity contribution in [3.8, 4) is 0 Å². The zero-order valence-electron chi connectivity index (χ0n) is 25.9. The van der Waals surface area contributed by atoms with Crippen molar-refractivity contribution in [1.29, 1.82) is 0 Å². The molecule has 0 aliphatic heterocycles. The van der Waals surface area contributed by atoms with E-state index in [9.17, 15) is 32.8 Å². The van der Waals surface area contributed by atoms with E-state index in [0.717, 1.165) is 51.4 Å². The Morgan fingerprint density at radius 3 is 1.03 bits per heavy atom. The fourth-order valence-corrected chi connectivity index (χ4v) is 6.29. The van der Waals surface area contributed by atoms with Crippen LogP contribution in [-0.2, 0) is 19.7 Å². The summed E-state index contributed by atoms with van der Waals surface area (Å²) in [6, 6.07) is 0. The quantitative estimate of drug-likeness (QED) is 0.0561. The van der Waals surface area contributed by atoms with E-state index >= 15 is 0 Å².